The van der Waals surface area contributed by atoms with Crippen LogP contribution in [0, 0.1) is 6.92 Å². The highest BCUT2D eigenvalue weighted by atomic mass is 16.1. The molecule has 0 fully saturated rings. The third-order valence-corrected chi connectivity index (χ3v) is 4.36. The number of allylic oxidation sites excluding steroid dienone is 2. The first-order chi connectivity index (χ1) is 12.7. The highest BCUT2D eigenvalue weighted by molar-refractivity contribution is 6.12. The zero-order chi connectivity index (χ0) is 18.1. The first-order valence-corrected chi connectivity index (χ1v) is 8.40. The molecule has 4 rings (SSSR count). The lowest BCUT2D eigenvalue weighted by molar-refractivity contribution is 0.104. The summed E-state index contributed by atoms with van der Waals surface area (Å²) in [4.78, 5) is 17.0. The number of hydrogen-bond donors (Lipinski definition) is 0. The van der Waals surface area contributed by atoms with Gasteiger partial charge in [0.05, 0.1) is 22.3 Å². The monoisotopic (exact) mass is 342 g/mol. The van der Waals surface area contributed by atoms with Gasteiger partial charge >= 0.3 is 0 Å². The molecule has 0 atom stereocenters. The van der Waals surface area contributed by atoms with E-state index >= 15 is 0 Å². The SMILES string of the molecule is C=CCn1c2ccccc2n2nc(C)c(C(=O)C=Cc3cccnc3)c12. The van der Waals surface area contributed by atoms with Gasteiger partial charge in [0.25, 0.3) is 0 Å². The molecule has 4 aromatic rings. The lowest BCUT2D eigenvalue weighted by Crippen LogP contribution is -2.02. The minimum absolute atomic E-state index is 0.0746. The Bertz CT molecular complexity index is 1150. The minimum Gasteiger partial charge on any atom is -0.320 e. The first-order valence-electron chi connectivity index (χ1n) is 8.40. The second-order valence-electron chi connectivity index (χ2n) is 6.07. The highest BCUT2D eigenvalue weighted by Crippen LogP contribution is 2.26. The van der Waals surface area contributed by atoms with Crippen LogP contribution in [-0.4, -0.2) is 24.9 Å². The molecular formula is C21H18N4O. The largest absolute Gasteiger partial charge is 0.320 e. The van der Waals surface area contributed by atoms with Crippen LogP contribution in [0.1, 0.15) is 21.6 Å². The van der Waals surface area contributed by atoms with Crippen LogP contribution in [0.3, 0.4) is 0 Å². The maximum absolute atomic E-state index is 12.9. The van der Waals surface area contributed by atoms with Crippen LogP contribution in [0.2, 0.25) is 0 Å². The molecule has 0 spiro atoms. The van der Waals surface area contributed by atoms with E-state index in [0.717, 1.165) is 22.2 Å². The van der Waals surface area contributed by atoms with Crippen molar-refractivity contribution in [2.45, 2.75) is 13.5 Å². The average molecular weight is 342 g/mol. The van der Waals surface area contributed by atoms with Gasteiger partial charge in [-0.2, -0.15) is 5.10 Å². The van der Waals surface area contributed by atoms with E-state index in [4.69, 9.17) is 0 Å². The first kappa shape index (κ1) is 16.0. The Hall–Kier alpha value is -3.47. The number of ketones is 1. The highest BCUT2D eigenvalue weighted by Gasteiger charge is 2.21. The van der Waals surface area contributed by atoms with Gasteiger partial charge in [-0.15, -0.1) is 6.58 Å². The van der Waals surface area contributed by atoms with Crippen molar-refractivity contribution in [3.05, 3.63) is 84.3 Å². The normalized spacial score (nSPS) is 11.6. The smallest absolute Gasteiger partial charge is 0.191 e. The van der Waals surface area contributed by atoms with E-state index < -0.39 is 0 Å². The number of aromatic nitrogens is 4. The van der Waals surface area contributed by atoms with Gasteiger partial charge < -0.3 is 4.57 Å². The van der Waals surface area contributed by atoms with Gasteiger partial charge in [-0.05, 0) is 42.8 Å². The van der Waals surface area contributed by atoms with Crippen molar-refractivity contribution in [3.8, 4) is 0 Å². The van der Waals surface area contributed by atoms with Crippen molar-refractivity contribution in [1.82, 2.24) is 19.2 Å². The molecule has 0 saturated heterocycles. The van der Waals surface area contributed by atoms with Crippen molar-refractivity contribution in [2.24, 2.45) is 0 Å². The molecule has 0 aliphatic heterocycles. The molecule has 0 aliphatic rings. The standard InChI is InChI=1S/C21H18N4O/c1-3-13-24-17-8-4-5-9-18(17)25-21(24)20(15(2)23-25)19(26)11-10-16-7-6-12-22-14-16/h3-12,14H,1,13H2,2H3. The summed E-state index contributed by atoms with van der Waals surface area (Å²) in [5, 5.41) is 4.61. The van der Waals surface area contributed by atoms with E-state index in [0.29, 0.717) is 17.8 Å². The van der Waals surface area contributed by atoms with Crippen molar-refractivity contribution in [1.29, 1.82) is 0 Å². The Kier molecular flexibility index (Phi) is 3.97. The summed E-state index contributed by atoms with van der Waals surface area (Å²) < 4.78 is 3.92. The van der Waals surface area contributed by atoms with Crippen LogP contribution in [0.4, 0.5) is 0 Å². The fourth-order valence-electron chi connectivity index (χ4n) is 3.25. The molecule has 26 heavy (non-hydrogen) atoms. The van der Waals surface area contributed by atoms with E-state index in [1.165, 1.54) is 0 Å². The molecule has 5 heteroatoms. The number of benzene rings is 1. The number of fused-ring (bicyclic) bond motifs is 3. The molecule has 0 aliphatic carbocycles. The Morgan fingerprint density at radius 1 is 1.19 bits per heavy atom. The fraction of sp³-hybridized carbons (Fsp3) is 0.0952. The zero-order valence-corrected chi connectivity index (χ0v) is 14.5. The summed E-state index contributed by atoms with van der Waals surface area (Å²) >= 11 is 0. The van der Waals surface area contributed by atoms with E-state index in [1.54, 1.807) is 24.5 Å². The van der Waals surface area contributed by atoms with Gasteiger partial charge in [0.15, 0.2) is 5.78 Å². The number of carbonyl (C=O) groups excluding carboxylic acids is 1. The molecule has 0 amide bonds. The van der Waals surface area contributed by atoms with Crippen LogP contribution in [0.25, 0.3) is 22.8 Å². The number of imidazole rings is 1. The van der Waals surface area contributed by atoms with Crippen LogP contribution in [0.15, 0.2) is 67.5 Å². The molecular weight excluding hydrogens is 324 g/mol. The lowest BCUT2D eigenvalue weighted by atomic mass is 10.1. The van der Waals surface area contributed by atoms with E-state index in [2.05, 4.69) is 21.2 Å². The lowest BCUT2D eigenvalue weighted by Gasteiger charge is -2.03. The van der Waals surface area contributed by atoms with Crippen LogP contribution >= 0.6 is 0 Å². The van der Waals surface area contributed by atoms with Gasteiger partial charge in [-0.1, -0.05) is 24.3 Å². The summed E-state index contributed by atoms with van der Waals surface area (Å²) in [5.41, 5.74) is 5.01. The molecule has 0 radical (unpaired) electrons. The second-order valence-corrected chi connectivity index (χ2v) is 6.07. The predicted molar refractivity (Wildman–Crippen MR) is 103 cm³/mol. The van der Waals surface area contributed by atoms with Gasteiger partial charge in [-0.25, -0.2) is 4.52 Å². The summed E-state index contributed by atoms with van der Waals surface area (Å²) in [6.07, 6.45) is 8.61. The molecule has 3 heterocycles. The number of pyridine rings is 1. The minimum atomic E-state index is -0.0746. The van der Waals surface area contributed by atoms with Crippen molar-refractivity contribution >= 4 is 28.5 Å². The quantitative estimate of drug-likeness (QED) is 0.312. The van der Waals surface area contributed by atoms with Crippen LogP contribution in [0.5, 0.6) is 0 Å². The van der Waals surface area contributed by atoms with Crippen molar-refractivity contribution in [2.75, 3.05) is 0 Å². The Morgan fingerprint density at radius 3 is 2.73 bits per heavy atom. The predicted octanol–water partition coefficient (Wildman–Crippen LogP) is 4.07. The summed E-state index contributed by atoms with van der Waals surface area (Å²) in [7, 11) is 0. The maximum Gasteiger partial charge on any atom is 0.191 e. The van der Waals surface area contributed by atoms with E-state index in [1.807, 2.05) is 53.9 Å². The molecule has 1 aromatic carbocycles. The van der Waals surface area contributed by atoms with Crippen molar-refractivity contribution in [3.63, 3.8) is 0 Å². The average Bonchev–Trinajstić information content (AvgIpc) is 3.15. The topological polar surface area (TPSA) is 52.2 Å². The molecule has 0 unspecified atom stereocenters. The summed E-state index contributed by atoms with van der Waals surface area (Å²) in [6, 6.07) is 11.7. The molecule has 3 aromatic heterocycles. The number of para-hydroxylation sites is 2. The number of hydrogen-bond acceptors (Lipinski definition) is 3. The third kappa shape index (κ3) is 2.54. The molecule has 0 saturated carbocycles. The summed E-state index contributed by atoms with van der Waals surface area (Å²) in [5.74, 6) is -0.0746. The van der Waals surface area contributed by atoms with Gasteiger partial charge in [0.2, 0.25) is 0 Å². The zero-order valence-electron chi connectivity index (χ0n) is 14.5. The molecule has 128 valence electrons. The third-order valence-electron chi connectivity index (χ3n) is 4.36. The number of aryl methyl sites for hydroxylation is 1. The Balaban J connectivity index is 1.89. The molecule has 5 nitrogen and oxygen atoms in total. The number of rotatable bonds is 5. The molecule has 0 N–H and O–H groups in total. The van der Waals surface area contributed by atoms with E-state index in [-0.39, 0.29) is 5.78 Å². The van der Waals surface area contributed by atoms with Gasteiger partial charge in [0.1, 0.15) is 5.65 Å². The van der Waals surface area contributed by atoms with Gasteiger partial charge in [0, 0.05) is 18.9 Å². The maximum atomic E-state index is 12.9. The second kappa shape index (κ2) is 6.44. The van der Waals surface area contributed by atoms with Crippen LogP contribution in [-0.2, 0) is 6.54 Å². The van der Waals surface area contributed by atoms with Gasteiger partial charge in [-0.3, -0.25) is 9.78 Å². The van der Waals surface area contributed by atoms with E-state index in [9.17, 15) is 4.79 Å². The van der Waals surface area contributed by atoms with Crippen molar-refractivity contribution < 1.29 is 4.79 Å². The fourth-order valence-corrected chi connectivity index (χ4v) is 3.25. The Morgan fingerprint density at radius 2 is 2.00 bits per heavy atom. The molecule has 0 bridgehead atoms. The Labute approximate surface area is 150 Å². The summed E-state index contributed by atoms with van der Waals surface area (Å²) in [6.45, 7) is 6.32. The van der Waals surface area contributed by atoms with Crippen LogP contribution < -0.4 is 0 Å². The number of nitrogens with zero attached hydrogens (tertiary/aromatic N) is 4. The number of carbonyl (C=O) groups is 1.